The molecule has 2 aromatic rings. The van der Waals surface area contributed by atoms with Crippen LogP contribution in [0, 0.1) is 6.92 Å². The Hall–Kier alpha value is -1.55. The molecule has 0 aliphatic heterocycles. The summed E-state index contributed by atoms with van der Waals surface area (Å²) < 4.78 is 11.7. The number of aryl methyl sites for hydroxylation is 1. The van der Waals surface area contributed by atoms with Crippen molar-refractivity contribution >= 4 is 15.9 Å². The van der Waals surface area contributed by atoms with Gasteiger partial charge in [-0.05, 0) is 30.7 Å². The van der Waals surface area contributed by atoms with Crippen LogP contribution < -0.4 is 9.47 Å². The van der Waals surface area contributed by atoms with Crippen LogP contribution in [0.3, 0.4) is 0 Å². The number of rotatable bonds is 3. The van der Waals surface area contributed by atoms with Crippen LogP contribution in [-0.4, -0.2) is 12.1 Å². The molecular formula is C13H12BrNO2. The highest BCUT2D eigenvalue weighted by atomic mass is 79.9. The van der Waals surface area contributed by atoms with E-state index in [0.29, 0.717) is 11.6 Å². The van der Waals surface area contributed by atoms with Gasteiger partial charge in [0.15, 0.2) is 0 Å². The first-order valence-electron chi connectivity index (χ1n) is 5.13. The van der Waals surface area contributed by atoms with Gasteiger partial charge >= 0.3 is 0 Å². The molecule has 1 heterocycles. The second-order valence-electron chi connectivity index (χ2n) is 3.55. The highest BCUT2D eigenvalue weighted by Crippen LogP contribution is 2.27. The van der Waals surface area contributed by atoms with E-state index in [4.69, 9.17) is 9.47 Å². The lowest BCUT2D eigenvalue weighted by atomic mass is 10.2. The van der Waals surface area contributed by atoms with Gasteiger partial charge in [-0.25, -0.2) is 4.98 Å². The molecule has 17 heavy (non-hydrogen) atoms. The minimum absolute atomic E-state index is 0.548. The standard InChI is InChI=1S/C13H12BrNO2/c1-9-3-4-10(14)7-12(9)17-13-6-5-11(16-2)8-15-13/h3-8H,1-2H3. The number of nitrogens with zero attached hydrogens (tertiary/aromatic N) is 1. The molecule has 0 N–H and O–H groups in total. The molecule has 0 aliphatic rings. The van der Waals surface area contributed by atoms with Gasteiger partial charge in [0.25, 0.3) is 0 Å². The number of methoxy groups -OCH3 is 1. The van der Waals surface area contributed by atoms with Gasteiger partial charge in [0.05, 0.1) is 13.3 Å². The average Bonchev–Trinajstić information content (AvgIpc) is 2.35. The zero-order valence-corrected chi connectivity index (χ0v) is 11.2. The van der Waals surface area contributed by atoms with Crippen molar-refractivity contribution in [2.24, 2.45) is 0 Å². The van der Waals surface area contributed by atoms with E-state index in [1.54, 1.807) is 19.4 Å². The van der Waals surface area contributed by atoms with Crippen LogP contribution >= 0.6 is 15.9 Å². The molecule has 1 aromatic heterocycles. The Morgan fingerprint density at radius 1 is 1.18 bits per heavy atom. The largest absolute Gasteiger partial charge is 0.495 e. The van der Waals surface area contributed by atoms with E-state index in [0.717, 1.165) is 15.8 Å². The quantitative estimate of drug-likeness (QED) is 0.858. The van der Waals surface area contributed by atoms with Crippen LogP contribution in [0.2, 0.25) is 0 Å². The first-order valence-corrected chi connectivity index (χ1v) is 5.92. The average molecular weight is 294 g/mol. The number of ether oxygens (including phenoxy) is 2. The Labute approximate surface area is 109 Å². The predicted octanol–water partition coefficient (Wildman–Crippen LogP) is 3.95. The van der Waals surface area contributed by atoms with Crippen LogP contribution in [0.15, 0.2) is 41.0 Å². The van der Waals surface area contributed by atoms with E-state index >= 15 is 0 Å². The maximum atomic E-state index is 5.69. The number of benzene rings is 1. The molecule has 2 rings (SSSR count). The zero-order chi connectivity index (χ0) is 12.3. The van der Waals surface area contributed by atoms with Crippen LogP contribution in [0.4, 0.5) is 0 Å². The summed E-state index contributed by atoms with van der Waals surface area (Å²) in [6.45, 7) is 1.99. The van der Waals surface area contributed by atoms with E-state index in [2.05, 4.69) is 20.9 Å². The van der Waals surface area contributed by atoms with Gasteiger partial charge in [0.1, 0.15) is 11.5 Å². The first-order chi connectivity index (χ1) is 8.19. The van der Waals surface area contributed by atoms with Crippen molar-refractivity contribution in [2.45, 2.75) is 6.92 Å². The van der Waals surface area contributed by atoms with Gasteiger partial charge in [-0.1, -0.05) is 22.0 Å². The van der Waals surface area contributed by atoms with Crippen LogP contribution in [-0.2, 0) is 0 Å². The smallest absolute Gasteiger partial charge is 0.219 e. The molecule has 0 fully saturated rings. The molecule has 0 saturated carbocycles. The van der Waals surface area contributed by atoms with Crippen LogP contribution in [0.1, 0.15) is 5.56 Å². The normalized spacial score (nSPS) is 10.1. The van der Waals surface area contributed by atoms with E-state index in [-0.39, 0.29) is 0 Å². The van der Waals surface area contributed by atoms with E-state index in [9.17, 15) is 0 Å². The molecule has 0 unspecified atom stereocenters. The SMILES string of the molecule is COc1ccc(Oc2cc(Br)ccc2C)nc1. The Bertz CT molecular complexity index is 511. The third-order valence-electron chi connectivity index (χ3n) is 2.31. The molecule has 88 valence electrons. The van der Waals surface area contributed by atoms with E-state index < -0.39 is 0 Å². The third-order valence-corrected chi connectivity index (χ3v) is 2.80. The summed E-state index contributed by atoms with van der Waals surface area (Å²) in [7, 11) is 1.61. The lowest BCUT2D eigenvalue weighted by Crippen LogP contribution is -1.91. The summed E-state index contributed by atoms with van der Waals surface area (Å²) in [5.74, 6) is 2.05. The Kier molecular flexibility index (Phi) is 3.64. The van der Waals surface area contributed by atoms with E-state index in [1.165, 1.54) is 0 Å². The molecule has 3 nitrogen and oxygen atoms in total. The van der Waals surface area contributed by atoms with Gasteiger partial charge in [0.2, 0.25) is 5.88 Å². The molecule has 1 aromatic carbocycles. The van der Waals surface area contributed by atoms with E-state index in [1.807, 2.05) is 31.2 Å². The lowest BCUT2D eigenvalue weighted by molar-refractivity contribution is 0.407. The van der Waals surface area contributed by atoms with Crippen LogP contribution in [0.5, 0.6) is 17.4 Å². The van der Waals surface area contributed by atoms with Crippen molar-refractivity contribution in [3.8, 4) is 17.4 Å². The number of pyridine rings is 1. The number of hydrogen-bond donors (Lipinski definition) is 0. The Morgan fingerprint density at radius 3 is 2.65 bits per heavy atom. The molecule has 0 radical (unpaired) electrons. The minimum atomic E-state index is 0.548. The van der Waals surface area contributed by atoms with Crippen molar-refractivity contribution in [3.63, 3.8) is 0 Å². The van der Waals surface area contributed by atoms with Crippen molar-refractivity contribution in [1.29, 1.82) is 0 Å². The summed E-state index contributed by atoms with van der Waals surface area (Å²) in [5.41, 5.74) is 1.06. The number of hydrogen-bond acceptors (Lipinski definition) is 3. The number of aromatic nitrogens is 1. The van der Waals surface area contributed by atoms with Crippen molar-refractivity contribution in [1.82, 2.24) is 4.98 Å². The molecule has 0 bridgehead atoms. The Balaban J connectivity index is 2.22. The first kappa shape index (κ1) is 11.9. The Morgan fingerprint density at radius 2 is 2.00 bits per heavy atom. The van der Waals surface area contributed by atoms with Gasteiger partial charge in [-0.15, -0.1) is 0 Å². The third kappa shape index (κ3) is 2.97. The maximum Gasteiger partial charge on any atom is 0.219 e. The number of halogens is 1. The lowest BCUT2D eigenvalue weighted by Gasteiger charge is -2.08. The fourth-order valence-corrected chi connectivity index (χ4v) is 1.68. The monoisotopic (exact) mass is 293 g/mol. The fraction of sp³-hybridized carbons (Fsp3) is 0.154. The fourth-order valence-electron chi connectivity index (χ4n) is 1.34. The topological polar surface area (TPSA) is 31.4 Å². The highest BCUT2D eigenvalue weighted by molar-refractivity contribution is 9.10. The van der Waals surface area contributed by atoms with Gasteiger partial charge in [-0.2, -0.15) is 0 Å². The van der Waals surface area contributed by atoms with Gasteiger partial charge < -0.3 is 9.47 Å². The molecular weight excluding hydrogens is 282 g/mol. The summed E-state index contributed by atoms with van der Waals surface area (Å²) >= 11 is 3.41. The molecule has 4 heteroatoms. The highest BCUT2D eigenvalue weighted by Gasteiger charge is 2.03. The summed E-state index contributed by atoms with van der Waals surface area (Å²) in [6.07, 6.45) is 1.63. The van der Waals surface area contributed by atoms with Crippen LogP contribution in [0.25, 0.3) is 0 Å². The molecule has 0 atom stereocenters. The molecule has 0 spiro atoms. The second kappa shape index (κ2) is 5.19. The molecule has 0 saturated heterocycles. The second-order valence-corrected chi connectivity index (χ2v) is 4.46. The summed E-state index contributed by atoms with van der Waals surface area (Å²) in [6, 6.07) is 9.47. The minimum Gasteiger partial charge on any atom is -0.495 e. The van der Waals surface area contributed by atoms with Crippen molar-refractivity contribution in [3.05, 3.63) is 46.6 Å². The van der Waals surface area contributed by atoms with Gasteiger partial charge in [-0.3, -0.25) is 0 Å². The predicted molar refractivity (Wildman–Crippen MR) is 69.7 cm³/mol. The zero-order valence-electron chi connectivity index (χ0n) is 9.61. The molecule has 0 amide bonds. The maximum absolute atomic E-state index is 5.69. The van der Waals surface area contributed by atoms with Gasteiger partial charge in [0, 0.05) is 10.5 Å². The van der Waals surface area contributed by atoms with Crippen molar-refractivity contribution in [2.75, 3.05) is 7.11 Å². The van der Waals surface area contributed by atoms with Crippen molar-refractivity contribution < 1.29 is 9.47 Å². The molecule has 0 aliphatic carbocycles. The summed E-state index contributed by atoms with van der Waals surface area (Å²) in [5, 5.41) is 0. The summed E-state index contributed by atoms with van der Waals surface area (Å²) in [4.78, 5) is 4.15.